The lowest BCUT2D eigenvalue weighted by Gasteiger charge is -2.20. The maximum absolute atomic E-state index is 11.9. The molecule has 1 heterocycles. The first kappa shape index (κ1) is 14.3. The fourth-order valence-electron chi connectivity index (χ4n) is 1.86. The highest BCUT2D eigenvalue weighted by Crippen LogP contribution is 2.18. The lowest BCUT2D eigenvalue weighted by molar-refractivity contribution is -0.136. The van der Waals surface area contributed by atoms with Crippen LogP contribution in [0.3, 0.4) is 0 Å². The molecule has 0 radical (unpaired) electrons. The number of nitrogens with one attached hydrogen (secondary N) is 1. The van der Waals surface area contributed by atoms with Gasteiger partial charge in [0.15, 0.2) is 0 Å². The van der Waals surface area contributed by atoms with Crippen molar-refractivity contribution in [2.75, 3.05) is 26.2 Å². The quantitative estimate of drug-likeness (QED) is 0.775. The summed E-state index contributed by atoms with van der Waals surface area (Å²) in [4.78, 5) is 13.4. The number of rotatable bonds is 4. The van der Waals surface area contributed by atoms with Gasteiger partial charge in [0.25, 0.3) is 0 Å². The molecule has 17 heavy (non-hydrogen) atoms. The second kappa shape index (κ2) is 6.83. The fraction of sp³-hybridized carbons (Fsp3) is 0.909. The Morgan fingerprint density at radius 1 is 1.12 bits per heavy atom. The zero-order valence-corrected chi connectivity index (χ0v) is 9.85. The van der Waals surface area contributed by atoms with E-state index in [1.165, 1.54) is 0 Å². The number of carbonyl (C=O) groups is 1. The molecule has 1 fully saturated rings. The van der Waals surface area contributed by atoms with Gasteiger partial charge in [0.2, 0.25) is 5.91 Å². The Labute approximate surface area is 99.4 Å². The first-order valence-corrected chi connectivity index (χ1v) is 6.04. The van der Waals surface area contributed by atoms with E-state index >= 15 is 0 Å². The largest absolute Gasteiger partial charge is 0.390 e. The molecule has 3 nitrogen and oxygen atoms in total. The SMILES string of the molecule is O=C(CNCCC(F)(F)F)N1CCCCCC1. The van der Waals surface area contributed by atoms with Crippen molar-refractivity contribution in [1.29, 1.82) is 0 Å². The number of likely N-dealkylation sites (tertiary alicyclic amines) is 1. The number of amides is 1. The third-order valence-electron chi connectivity index (χ3n) is 2.82. The number of hydrogen-bond donors (Lipinski definition) is 1. The molecule has 0 spiro atoms. The van der Waals surface area contributed by atoms with Gasteiger partial charge in [-0.25, -0.2) is 0 Å². The van der Waals surface area contributed by atoms with Gasteiger partial charge in [0.1, 0.15) is 0 Å². The molecule has 1 N–H and O–H groups in total. The monoisotopic (exact) mass is 252 g/mol. The molecule has 0 aromatic rings. The Morgan fingerprint density at radius 3 is 2.24 bits per heavy atom. The van der Waals surface area contributed by atoms with Gasteiger partial charge in [0, 0.05) is 19.6 Å². The molecule has 0 atom stereocenters. The minimum atomic E-state index is -4.15. The van der Waals surface area contributed by atoms with E-state index < -0.39 is 12.6 Å². The first-order chi connectivity index (χ1) is 7.99. The van der Waals surface area contributed by atoms with Crippen LogP contribution in [0.15, 0.2) is 0 Å². The predicted molar refractivity (Wildman–Crippen MR) is 58.6 cm³/mol. The minimum Gasteiger partial charge on any atom is -0.342 e. The van der Waals surface area contributed by atoms with E-state index in [0.29, 0.717) is 0 Å². The molecule has 0 bridgehead atoms. The molecule has 1 aliphatic rings. The highest BCUT2D eigenvalue weighted by atomic mass is 19.4. The van der Waals surface area contributed by atoms with Crippen molar-refractivity contribution in [3.8, 4) is 0 Å². The Kier molecular flexibility index (Phi) is 5.74. The van der Waals surface area contributed by atoms with Crippen LogP contribution in [0.4, 0.5) is 13.2 Å². The van der Waals surface area contributed by atoms with Gasteiger partial charge in [-0.3, -0.25) is 4.79 Å². The Balaban J connectivity index is 2.15. The van der Waals surface area contributed by atoms with Gasteiger partial charge in [-0.2, -0.15) is 13.2 Å². The van der Waals surface area contributed by atoms with Crippen LogP contribution in [0.5, 0.6) is 0 Å². The summed E-state index contributed by atoms with van der Waals surface area (Å²) in [7, 11) is 0. The molecule has 0 unspecified atom stereocenters. The van der Waals surface area contributed by atoms with E-state index in [4.69, 9.17) is 0 Å². The van der Waals surface area contributed by atoms with E-state index in [2.05, 4.69) is 5.32 Å². The summed E-state index contributed by atoms with van der Waals surface area (Å²) in [5.74, 6) is -0.0888. The molecule has 0 aromatic carbocycles. The predicted octanol–water partition coefficient (Wildman–Crippen LogP) is 1.93. The number of carbonyl (C=O) groups excluding carboxylic acids is 1. The summed E-state index contributed by atoms with van der Waals surface area (Å²) in [5.41, 5.74) is 0. The molecule has 1 amide bonds. The zero-order valence-electron chi connectivity index (χ0n) is 9.85. The molecule has 1 rings (SSSR count). The van der Waals surface area contributed by atoms with Crippen LogP contribution in [0.25, 0.3) is 0 Å². The second-order valence-corrected chi connectivity index (χ2v) is 4.34. The van der Waals surface area contributed by atoms with Crippen molar-refractivity contribution in [2.45, 2.75) is 38.3 Å². The van der Waals surface area contributed by atoms with Crippen molar-refractivity contribution < 1.29 is 18.0 Å². The van der Waals surface area contributed by atoms with E-state index in [0.717, 1.165) is 38.8 Å². The molecule has 100 valence electrons. The summed E-state index contributed by atoms with van der Waals surface area (Å²) in [6, 6.07) is 0. The number of hydrogen-bond acceptors (Lipinski definition) is 2. The van der Waals surface area contributed by atoms with Crippen LogP contribution in [-0.4, -0.2) is 43.2 Å². The standard InChI is InChI=1S/C11H19F3N2O/c12-11(13,14)5-6-15-9-10(17)16-7-3-1-2-4-8-16/h15H,1-9H2. The molecule has 0 aromatic heterocycles. The Bertz CT molecular complexity index is 235. The van der Waals surface area contributed by atoms with Crippen molar-refractivity contribution in [3.05, 3.63) is 0 Å². The Hall–Kier alpha value is -0.780. The number of alkyl halides is 3. The average molecular weight is 252 g/mol. The third-order valence-corrected chi connectivity index (χ3v) is 2.82. The second-order valence-electron chi connectivity index (χ2n) is 4.34. The zero-order chi connectivity index (χ0) is 12.7. The Morgan fingerprint density at radius 2 is 1.71 bits per heavy atom. The molecule has 0 aliphatic carbocycles. The molecule has 1 aliphatic heterocycles. The average Bonchev–Trinajstić information content (AvgIpc) is 2.51. The summed E-state index contributed by atoms with van der Waals surface area (Å²) >= 11 is 0. The van der Waals surface area contributed by atoms with Gasteiger partial charge >= 0.3 is 6.18 Å². The van der Waals surface area contributed by atoms with Crippen LogP contribution >= 0.6 is 0 Å². The minimum absolute atomic E-state index is 0.01000. The van der Waals surface area contributed by atoms with E-state index in [9.17, 15) is 18.0 Å². The summed E-state index contributed by atoms with van der Waals surface area (Å²) < 4.78 is 35.6. The van der Waals surface area contributed by atoms with Crippen molar-refractivity contribution >= 4 is 5.91 Å². The molecular weight excluding hydrogens is 233 g/mol. The maximum atomic E-state index is 11.9. The lowest BCUT2D eigenvalue weighted by Crippen LogP contribution is -2.39. The molecular formula is C11H19F3N2O. The highest BCUT2D eigenvalue weighted by Gasteiger charge is 2.26. The number of halogens is 3. The van der Waals surface area contributed by atoms with Crippen molar-refractivity contribution in [2.24, 2.45) is 0 Å². The van der Waals surface area contributed by atoms with E-state index in [1.807, 2.05) is 0 Å². The van der Waals surface area contributed by atoms with Gasteiger partial charge < -0.3 is 10.2 Å². The van der Waals surface area contributed by atoms with E-state index in [-0.39, 0.29) is 19.0 Å². The van der Waals surface area contributed by atoms with Crippen LogP contribution in [0.2, 0.25) is 0 Å². The third kappa shape index (κ3) is 6.51. The molecule has 0 saturated carbocycles. The highest BCUT2D eigenvalue weighted by molar-refractivity contribution is 5.78. The van der Waals surface area contributed by atoms with Gasteiger partial charge in [-0.1, -0.05) is 12.8 Å². The van der Waals surface area contributed by atoms with Crippen molar-refractivity contribution in [1.82, 2.24) is 10.2 Å². The fourth-order valence-corrected chi connectivity index (χ4v) is 1.86. The topological polar surface area (TPSA) is 32.3 Å². The number of nitrogens with zero attached hydrogens (tertiary/aromatic N) is 1. The normalized spacial score (nSPS) is 17.9. The summed E-state index contributed by atoms with van der Waals surface area (Å²) in [6.07, 6.45) is -0.794. The lowest BCUT2D eigenvalue weighted by atomic mass is 10.2. The van der Waals surface area contributed by atoms with Crippen LogP contribution < -0.4 is 5.32 Å². The van der Waals surface area contributed by atoms with Crippen molar-refractivity contribution in [3.63, 3.8) is 0 Å². The first-order valence-electron chi connectivity index (χ1n) is 6.04. The smallest absolute Gasteiger partial charge is 0.342 e. The molecule has 6 heteroatoms. The van der Waals surface area contributed by atoms with Gasteiger partial charge in [0.05, 0.1) is 13.0 Å². The van der Waals surface area contributed by atoms with Crippen LogP contribution in [-0.2, 0) is 4.79 Å². The van der Waals surface area contributed by atoms with E-state index in [1.54, 1.807) is 4.90 Å². The van der Waals surface area contributed by atoms with Crippen LogP contribution in [0, 0.1) is 0 Å². The maximum Gasteiger partial charge on any atom is 0.390 e. The van der Waals surface area contributed by atoms with Gasteiger partial charge in [-0.15, -0.1) is 0 Å². The summed E-state index contributed by atoms with van der Waals surface area (Å²) in [5, 5.41) is 2.55. The van der Waals surface area contributed by atoms with Crippen LogP contribution in [0.1, 0.15) is 32.1 Å². The van der Waals surface area contributed by atoms with Gasteiger partial charge in [-0.05, 0) is 12.8 Å². The molecule has 1 saturated heterocycles. The summed E-state index contributed by atoms with van der Waals surface area (Å²) in [6.45, 7) is 1.29.